The highest BCUT2D eigenvalue weighted by Gasteiger charge is 2.31. The lowest BCUT2D eigenvalue weighted by Gasteiger charge is -2.18. The average Bonchev–Trinajstić information content (AvgIpc) is 3.14. The molecule has 0 aliphatic heterocycles. The van der Waals surface area contributed by atoms with E-state index in [0.29, 0.717) is 6.04 Å². The molecule has 1 heterocycles. The van der Waals surface area contributed by atoms with Gasteiger partial charge in [0, 0.05) is 23.7 Å². The summed E-state index contributed by atoms with van der Waals surface area (Å²) >= 11 is 1.75. The molecule has 0 spiro atoms. The molecule has 3 rings (SSSR count). The number of thiazole rings is 1. The first-order valence-electron chi connectivity index (χ1n) is 6.52. The van der Waals surface area contributed by atoms with Crippen LogP contribution < -0.4 is 5.32 Å². The Kier molecular flexibility index (Phi) is 3.43. The van der Waals surface area contributed by atoms with Crippen LogP contribution in [0.2, 0.25) is 0 Å². The van der Waals surface area contributed by atoms with Crippen molar-refractivity contribution in [3.8, 4) is 0 Å². The first-order chi connectivity index (χ1) is 8.83. The van der Waals surface area contributed by atoms with Crippen molar-refractivity contribution in [3.63, 3.8) is 0 Å². The zero-order valence-corrected chi connectivity index (χ0v) is 11.4. The van der Waals surface area contributed by atoms with Crippen LogP contribution in [-0.2, 0) is 6.54 Å². The van der Waals surface area contributed by atoms with Crippen molar-refractivity contribution in [2.24, 2.45) is 5.92 Å². The maximum Gasteiger partial charge on any atom is 0.107 e. The fraction of sp³-hybridized carbons (Fsp3) is 0.400. The molecule has 0 radical (unpaired) electrons. The molecule has 18 heavy (non-hydrogen) atoms. The molecule has 1 unspecified atom stereocenters. The van der Waals surface area contributed by atoms with Crippen LogP contribution in [0.1, 0.15) is 35.1 Å². The van der Waals surface area contributed by atoms with Gasteiger partial charge in [0.1, 0.15) is 5.01 Å². The number of hydrogen-bond acceptors (Lipinski definition) is 3. The summed E-state index contributed by atoms with van der Waals surface area (Å²) in [7, 11) is 0. The van der Waals surface area contributed by atoms with Crippen LogP contribution in [0, 0.1) is 12.8 Å². The summed E-state index contributed by atoms with van der Waals surface area (Å²) in [6, 6.07) is 11.3. The minimum absolute atomic E-state index is 0.496. The molecule has 1 saturated carbocycles. The van der Waals surface area contributed by atoms with Gasteiger partial charge in [-0.15, -0.1) is 11.3 Å². The number of benzene rings is 1. The number of nitrogens with one attached hydrogen (secondary N) is 1. The van der Waals surface area contributed by atoms with Gasteiger partial charge in [0.05, 0.1) is 0 Å². The molecule has 1 fully saturated rings. The van der Waals surface area contributed by atoms with Gasteiger partial charge < -0.3 is 5.32 Å². The summed E-state index contributed by atoms with van der Waals surface area (Å²) in [4.78, 5) is 4.51. The Morgan fingerprint density at radius 1 is 1.33 bits per heavy atom. The van der Waals surface area contributed by atoms with Crippen molar-refractivity contribution >= 4 is 11.3 Å². The highest BCUT2D eigenvalue weighted by Crippen LogP contribution is 2.41. The van der Waals surface area contributed by atoms with E-state index >= 15 is 0 Å². The Balaban J connectivity index is 1.68. The predicted octanol–water partition coefficient (Wildman–Crippen LogP) is 3.69. The summed E-state index contributed by atoms with van der Waals surface area (Å²) < 4.78 is 0. The molecule has 94 valence electrons. The number of nitrogens with zero attached hydrogens (tertiary/aromatic N) is 1. The van der Waals surface area contributed by atoms with E-state index in [1.165, 1.54) is 23.4 Å². The molecule has 1 aromatic heterocycles. The lowest BCUT2D eigenvalue weighted by molar-refractivity contribution is 0.479. The van der Waals surface area contributed by atoms with E-state index in [9.17, 15) is 0 Å². The minimum atomic E-state index is 0.496. The second-order valence-electron chi connectivity index (χ2n) is 4.99. The third-order valence-electron chi connectivity index (χ3n) is 3.39. The number of aryl methyl sites for hydroxylation is 1. The van der Waals surface area contributed by atoms with E-state index in [1.54, 1.807) is 11.3 Å². The number of rotatable bonds is 5. The van der Waals surface area contributed by atoms with Gasteiger partial charge >= 0.3 is 0 Å². The highest BCUT2D eigenvalue weighted by atomic mass is 32.1. The SMILES string of the molecule is Cc1csc(CNC(c2ccccc2)C2CC2)n1. The van der Waals surface area contributed by atoms with Crippen LogP contribution in [0.4, 0.5) is 0 Å². The monoisotopic (exact) mass is 258 g/mol. The summed E-state index contributed by atoms with van der Waals surface area (Å²) in [5.74, 6) is 0.813. The van der Waals surface area contributed by atoms with Gasteiger partial charge in [0.2, 0.25) is 0 Å². The van der Waals surface area contributed by atoms with E-state index < -0.39 is 0 Å². The molecule has 1 N–H and O–H groups in total. The Labute approximate surface area is 112 Å². The lowest BCUT2D eigenvalue weighted by Crippen LogP contribution is -2.22. The number of hydrogen-bond donors (Lipinski definition) is 1. The van der Waals surface area contributed by atoms with Crippen LogP contribution in [0.3, 0.4) is 0 Å². The van der Waals surface area contributed by atoms with Crippen molar-refractivity contribution in [2.75, 3.05) is 0 Å². The standard InChI is InChI=1S/C15H18N2S/c1-11-10-18-14(17-11)9-16-15(13-7-8-13)12-5-3-2-4-6-12/h2-6,10,13,15-16H,7-9H2,1H3. The number of aromatic nitrogens is 1. The summed E-state index contributed by atoms with van der Waals surface area (Å²) in [6.07, 6.45) is 2.70. The molecule has 2 nitrogen and oxygen atoms in total. The maximum atomic E-state index is 4.51. The van der Waals surface area contributed by atoms with Crippen molar-refractivity contribution in [2.45, 2.75) is 32.4 Å². The third-order valence-corrected chi connectivity index (χ3v) is 4.36. The van der Waals surface area contributed by atoms with E-state index in [0.717, 1.165) is 18.2 Å². The largest absolute Gasteiger partial charge is 0.303 e. The second-order valence-corrected chi connectivity index (χ2v) is 5.93. The quantitative estimate of drug-likeness (QED) is 0.884. The van der Waals surface area contributed by atoms with E-state index in [2.05, 4.69) is 52.9 Å². The molecule has 1 aromatic carbocycles. The lowest BCUT2D eigenvalue weighted by atomic mass is 10.0. The zero-order chi connectivity index (χ0) is 12.4. The second kappa shape index (κ2) is 5.21. The molecular formula is C15H18N2S. The molecule has 0 amide bonds. The van der Waals surface area contributed by atoms with Crippen LogP contribution in [0.15, 0.2) is 35.7 Å². The average molecular weight is 258 g/mol. The normalized spacial score (nSPS) is 16.7. The van der Waals surface area contributed by atoms with Crippen molar-refractivity contribution in [3.05, 3.63) is 52.0 Å². The van der Waals surface area contributed by atoms with Crippen LogP contribution in [-0.4, -0.2) is 4.98 Å². The fourth-order valence-corrected chi connectivity index (χ4v) is 3.05. The summed E-state index contributed by atoms with van der Waals surface area (Å²) in [5, 5.41) is 6.98. The van der Waals surface area contributed by atoms with Gasteiger partial charge in [-0.2, -0.15) is 0 Å². The minimum Gasteiger partial charge on any atom is -0.303 e. The molecule has 1 aliphatic rings. The first kappa shape index (κ1) is 11.9. The first-order valence-corrected chi connectivity index (χ1v) is 7.40. The van der Waals surface area contributed by atoms with Crippen LogP contribution >= 0.6 is 11.3 Å². The van der Waals surface area contributed by atoms with Crippen LogP contribution in [0.5, 0.6) is 0 Å². The van der Waals surface area contributed by atoms with E-state index in [-0.39, 0.29) is 0 Å². The molecule has 1 atom stereocenters. The summed E-state index contributed by atoms with van der Waals surface area (Å²) in [5.41, 5.74) is 2.53. The smallest absolute Gasteiger partial charge is 0.107 e. The fourth-order valence-electron chi connectivity index (χ4n) is 2.33. The van der Waals surface area contributed by atoms with Gasteiger partial charge in [0.15, 0.2) is 0 Å². The molecule has 0 bridgehead atoms. The van der Waals surface area contributed by atoms with Gasteiger partial charge in [-0.05, 0) is 31.2 Å². The predicted molar refractivity (Wildman–Crippen MR) is 75.6 cm³/mol. The summed E-state index contributed by atoms with van der Waals surface area (Å²) in [6.45, 7) is 2.93. The van der Waals surface area contributed by atoms with Gasteiger partial charge in [-0.1, -0.05) is 30.3 Å². The van der Waals surface area contributed by atoms with Gasteiger partial charge in [-0.3, -0.25) is 0 Å². The van der Waals surface area contributed by atoms with Crippen molar-refractivity contribution < 1.29 is 0 Å². The molecule has 2 aromatic rings. The van der Waals surface area contributed by atoms with Gasteiger partial charge in [0.25, 0.3) is 0 Å². The van der Waals surface area contributed by atoms with E-state index in [1.807, 2.05) is 0 Å². The molecular weight excluding hydrogens is 240 g/mol. The van der Waals surface area contributed by atoms with Crippen LogP contribution in [0.25, 0.3) is 0 Å². The Bertz CT molecular complexity index is 502. The van der Waals surface area contributed by atoms with E-state index in [4.69, 9.17) is 0 Å². The van der Waals surface area contributed by atoms with Crippen molar-refractivity contribution in [1.82, 2.24) is 10.3 Å². The highest BCUT2D eigenvalue weighted by molar-refractivity contribution is 7.09. The molecule has 3 heteroatoms. The molecule has 0 saturated heterocycles. The maximum absolute atomic E-state index is 4.51. The topological polar surface area (TPSA) is 24.9 Å². The third kappa shape index (κ3) is 2.79. The zero-order valence-electron chi connectivity index (χ0n) is 10.6. The molecule has 1 aliphatic carbocycles. The Morgan fingerprint density at radius 2 is 2.11 bits per heavy atom. The van der Waals surface area contributed by atoms with Gasteiger partial charge in [-0.25, -0.2) is 4.98 Å². The van der Waals surface area contributed by atoms with Crippen molar-refractivity contribution in [1.29, 1.82) is 0 Å². The Hall–Kier alpha value is -1.19. The Morgan fingerprint density at radius 3 is 2.72 bits per heavy atom.